The summed E-state index contributed by atoms with van der Waals surface area (Å²) in [5.74, 6) is 6.20. The number of carbonyl (C=O) groups is 1. The molecule has 1 aliphatic carbocycles. The van der Waals surface area contributed by atoms with E-state index in [0.29, 0.717) is 25.1 Å². The van der Waals surface area contributed by atoms with Crippen molar-refractivity contribution in [3.05, 3.63) is 0 Å². The summed E-state index contributed by atoms with van der Waals surface area (Å²) in [6.45, 7) is 1.77. The smallest absolute Gasteiger partial charge is 0.239 e. The largest absolute Gasteiger partial charge is 0.353 e. The number of guanidine groups is 1. The highest BCUT2D eigenvalue weighted by molar-refractivity contribution is 5.87. The minimum absolute atomic E-state index is 0.0304. The van der Waals surface area contributed by atoms with Crippen LogP contribution in [0.3, 0.4) is 0 Å². The molecule has 0 aromatic heterocycles. The highest BCUT2D eigenvalue weighted by Gasteiger charge is 2.21. The molecule has 6 nitrogen and oxygen atoms in total. The monoisotopic (exact) mass is 239 g/mol. The van der Waals surface area contributed by atoms with Crippen molar-refractivity contribution in [2.75, 3.05) is 19.6 Å². The Balaban J connectivity index is 1.98. The Morgan fingerprint density at radius 1 is 1.41 bits per heavy atom. The zero-order valence-corrected chi connectivity index (χ0v) is 10.1. The number of hydrogen-bond acceptors (Lipinski definition) is 3. The molecule has 0 atom stereocenters. The molecule has 2 aliphatic rings. The van der Waals surface area contributed by atoms with E-state index < -0.39 is 0 Å². The summed E-state index contributed by atoms with van der Waals surface area (Å²) in [5.41, 5.74) is 2.64. The summed E-state index contributed by atoms with van der Waals surface area (Å²) >= 11 is 0. The number of nitrogens with two attached hydrogens (primary N) is 1. The van der Waals surface area contributed by atoms with Crippen molar-refractivity contribution in [3.63, 3.8) is 0 Å². The fourth-order valence-electron chi connectivity index (χ4n) is 2.41. The number of carbonyl (C=O) groups excluding carboxylic acids is 1. The number of nitrogens with one attached hydrogen (secondary N) is 2. The molecule has 0 unspecified atom stereocenters. The average molecular weight is 239 g/mol. The van der Waals surface area contributed by atoms with Crippen LogP contribution in [0.2, 0.25) is 0 Å². The van der Waals surface area contributed by atoms with Crippen molar-refractivity contribution in [2.45, 2.75) is 38.1 Å². The second kappa shape index (κ2) is 5.86. The van der Waals surface area contributed by atoms with Crippen molar-refractivity contribution >= 4 is 11.9 Å². The van der Waals surface area contributed by atoms with Crippen LogP contribution >= 0.6 is 0 Å². The lowest BCUT2D eigenvalue weighted by Gasteiger charge is -2.30. The molecule has 2 fully saturated rings. The van der Waals surface area contributed by atoms with Gasteiger partial charge in [0.2, 0.25) is 11.9 Å². The molecule has 96 valence electrons. The van der Waals surface area contributed by atoms with Crippen LogP contribution in [-0.4, -0.2) is 42.4 Å². The third-order valence-corrected chi connectivity index (χ3v) is 3.35. The summed E-state index contributed by atoms with van der Waals surface area (Å²) in [6.07, 6.45) is 6.05. The van der Waals surface area contributed by atoms with Gasteiger partial charge in [-0.25, -0.2) is 10.8 Å². The van der Waals surface area contributed by atoms with E-state index >= 15 is 0 Å². The van der Waals surface area contributed by atoms with Crippen molar-refractivity contribution in [1.29, 1.82) is 0 Å². The highest BCUT2D eigenvalue weighted by atomic mass is 16.2. The fourth-order valence-corrected chi connectivity index (χ4v) is 2.41. The van der Waals surface area contributed by atoms with E-state index in [-0.39, 0.29) is 5.91 Å². The van der Waals surface area contributed by atoms with E-state index in [9.17, 15) is 4.79 Å². The van der Waals surface area contributed by atoms with Gasteiger partial charge in [0.15, 0.2) is 0 Å². The van der Waals surface area contributed by atoms with Crippen LogP contribution in [-0.2, 0) is 4.79 Å². The van der Waals surface area contributed by atoms with E-state index in [2.05, 4.69) is 15.7 Å². The van der Waals surface area contributed by atoms with Crippen LogP contribution in [0.5, 0.6) is 0 Å². The van der Waals surface area contributed by atoms with Crippen LogP contribution in [0.15, 0.2) is 4.99 Å². The van der Waals surface area contributed by atoms with E-state index in [1.54, 1.807) is 0 Å². The summed E-state index contributed by atoms with van der Waals surface area (Å²) in [7, 11) is 0. The highest BCUT2D eigenvalue weighted by Crippen LogP contribution is 2.20. The van der Waals surface area contributed by atoms with Crippen LogP contribution < -0.4 is 16.6 Å². The summed E-state index contributed by atoms with van der Waals surface area (Å²) < 4.78 is 0. The van der Waals surface area contributed by atoms with Gasteiger partial charge in [-0.15, -0.1) is 0 Å². The first-order valence-electron chi connectivity index (χ1n) is 6.35. The summed E-state index contributed by atoms with van der Waals surface area (Å²) in [4.78, 5) is 17.9. The van der Waals surface area contributed by atoms with Gasteiger partial charge >= 0.3 is 0 Å². The molecule has 1 heterocycles. The molecule has 6 heteroatoms. The molecule has 0 aromatic carbocycles. The van der Waals surface area contributed by atoms with Crippen molar-refractivity contribution in [3.8, 4) is 0 Å². The van der Waals surface area contributed by atoms with Gasteiger partial charge in [-0.1, -0.05) is 19.3 Å². The Morgan fingerprint density at radius 3 is 2.82 bits per heavy atom. The molecule has 2 rings (SSSR count). The predicted molar refractivity (Wildman–Crippen MR) is 66.2 cm³/mol. The van der Waals surface area contributed by atoms with Crippen LogP contribution in [0, 0.1) is 0 Å². The molecule has 1 aliphatic heterocycles. The first-order valence-corrected chi connectivity index (χ1v) is 6.35. The molecular weight excluding hydrogens is 218 g/mol. The molecule has 1 saturated carbocycles. The Labute approximate surface area is 102 Å². The van der Waals surface area contributed by atoms with Gasteiger partial charge < -0.3 is 10.2 Å². The van der Waals surface area contributed by atoms with E-state index in [1.807, 2.05) is 4.90 Å². The molecule has 0 bridgehead atoms. The van der Waals surface area contributed by atoms with Crippen molar-refractivity contribution in [1.82, 2.24) is 15.6 Å². The topological polar surface area (TPSA) is 82.8 Å². The maximum atomic E-state index is 11.3. The molecular formula is C11H21N5O. The number of amides is 1. The van der Waals surface area contributed by atoms with Crippen LogP contribution in [0.1, 0.15) is 32.1 Å². The number of piperazine rings is 1. The molecule has 0 aromatic rings. The lowest BCUT2D eigenvalue weighted by Crippen LogP contribution is -2.55. The van der Waals surface area contributed by atoms with E-state index in [4.69, 9.17) is 5.84 Å². The number of aliphatic imine (C=N–C) groups is 1. The van der Waals surface area contributed by atoms with E-state index in [1.165, 1.54) is 19.3 Å². The van der Waals surface area contributed by atoms with Crippen LogP contribution in [0.25, 0.3) is 0 Å². The molecule has 0 spiro atoms. The standard InChI is InChI=1S/C11H21N5O/c12-15-11(14-9-4-2-1-3-5-9)16-7-6-13-10(17)8-16/h9H,1-8,12H2,(H,13,17)(H,14,15). The molecule has 1 amide bonds. The first kappa shape index (κ1) is 12.2. The van der Waals surface area contributed by atoms with E-state index in [0.717, 1.165) is 19.4 Å². The first-order chi connectivity index (χ1) is 8.29. The average Bonchev–Trinajstić information content (AvgIpc) is 2.37. The number of rotatable bonds is 1. The second-order valence-corrected chi connectivity index (χ2v) is 4.66. The Kier molecular flexibility index (Phi) is 4.19. The van der Waals surface area contributed by atoms with Gasteiger partial charge in [-0.3, -0.25) is 10.2 Å². The number of nitrogens with zero attached hydrogens (tertiary/aromatic N) is 2. The second-order valence-electron chi connectivity index (χ2n) is 4.66. The van der Waals surface area contributed by atoms with Gasteiger partial charge in [0, 0.05) is 13.1 Å². The molecule has 17 heavy (non-hydrogen) atoms. The third-order valence-electron chi connectivity index (χ3n) is 3.35. The van der Waals surface area contributed by atoms with Gasteiger partial charge in [0.05, 0.1) is 12.6 Å². The number of hydrazine groups is 1. The molecule has 1 saturated heterocycles. The maximum absolute atomic E-state index is 11.3. The van der Waals surface area contributed by atoms with Gasteiger partial charge in [0.1, 0.15) is 0 Å². The fraction of sp³-hybridized carbons (Fsp3) is 0.818. The molecule has 0 radical (unpaired) electrons. The van der Waals surface area contributed by atoms with Crippen LogP contribution in [0.4, 0.5) is 0 Å². The quantitative estimate of drug-likeness (QED) is 0.251. The van der Waals surface area contributed by atoms with Gasteiger partial charge in [-0.2, -0.15) is 0 Å². The number of hydrogen-bond donors (Lipinski definition) is 3. The lowest BCUT2D eigenvalue weighted by molar-refractivity contribution is -0.122. The summed E-state index contributed by atoms with van der Waals surface area (Å²) in [5, 5.41) is 2.79. The third kappa shape index (κ3) is 3.33. The van der Waals surface area contributed by atoms with Crippen molar-refractivity contribution in [2.24, 2.45) is 10.8 Å². The van der Waals surface area contributed by atoms with Crippen molar-refractivity contribution < 1.29 is 4.79 Å². The maximum Gasteiger partial charge on any atom is 0.239 e. The lowest BCUT2D eigenvalue weighted by atomic mass is 9.96. The Morgan fingerprint density at radius 2 is 2.18 bits per heavy atom. The predicted octanol–water partition coefficient (Wildman–Crippen LogP) is -0.430. The SMILES string of the molecule is NNC(=NC1CCCCC1)N1CCNC(=O)C1. The molecule has 4 N–H and O–H groups in total. The van der Waals surface area contributed by atoms with Gasteiger partial charge in [0.25, 0.3) is 0 Å². The summed E-state index contributed by atoms with van der Waals surface area (Å²) in [6, 6.07) is 0.361. The minimum Gasteiger partial charge on any atom is -0.353 e. The minimum atomic E-state index is 0.0304. The Bertz CT molecular complexity index is 298. The zero-order chi connectivity index (χ0) is 12.1. The zero-order valence-electron chi connectivity index (χ0n) is 10.1. The Hall–Kier alpha value is -1.30. The normalized spacial score (nSPS) is 23.5. The van der Waals surface area contributed by atoms with Gasteiger partial charge in [-0.05, 0) is 12.8 Å².